The van der Waals surface area contributed by atoms with Crippen molar-refractivity contribution in [2.24, 2.45) is 5.73 Å². The molecule has 3 N–H and O–H groups in total. The number of nitrogens with zero attached hydrogens (tertiary/aromatic N) is 1. The summed E-state index contributed by atoms with van der Waals surface area (Å²) in [5.74, 6) is -0.118. The molecule has 1 fully saturated rings. The molecular weight excluding hydrogens is 314 g/mol. The van der Waals surface area contributed by atoms with Gasteiger partial charge >= 0.3 is 0 Å². The predicted octanol–water partition coefficient (Wildman–Crippen LogP) is 2.47. The third-order valence-corrected chi connectivity index (χ3v) is 4.25. The summed E-state index contributed by atoms with van der Waals surface area (Å²) in [6.07, 6.45) is 4.98. The van der Waals surface area contributed by atoms with Gasteiger partial charge in [-0.05, 0) is 44.0 Å². The first-order valence-electron chi connectivity index (χ1n) is 8.18. The molecule has 0 aliphatic carbocycles. The number of amides is 2. The van der Waals surface area contributed by atoms with Crippen LogP contribution in [0.4, 0.5) is 5.69 Å². The smallest absolute Gasteiger partial charge is 0.249 e. The lowest BCUT2D eigenvalue weighted by atomic mass is 10.1. The van der Waals surface area contributed by atoms with Crippen LogP contribution in [-0.4, -0.2) is 30.9 Å². The average Bonchev–Trinajstić information content (AvgIpc) is 2.88. The zero-order chi connectivity index (χ0) is 16.7. The monoisotopic (exact) mass is 337 g/mol. The summed E-state index contributed by atoms with van der Waals surface area (Å²) < 4.78 is 0. The second kappa shape index (κ2) is 8.89. The van der Waals surface area contributed by atoms with Crippen LogP contribution in [0.25, 0.3) is 0 Å². The van der Waals surface area contributed by atoms with Crippen LogP contribution in [-0.2, 0) is 9.59 Å². The summed E-state index contributed by atoms with van der Waals surface area (Å²) in [4.78, 5) is 26.0. The molecule has 126 valence electrons. The molecular formula is C17H24ClN3O2. The summed E-state index contributed by atoms with van der Waals surface area (Å²) in [6.45, 7) is 1.29. The molecule has 1 aliphatic heterocycles. The van der Waals surface area contributed by atoms with Gasteiger partial charge in [0.2, 0.25) is 11.8 Å². The van der Waals surface area contributed by atoms with E-state index in [1.54, 1.807) is 17.0 Å². The molecule has 0 spiro atoms. The van der Waals surface area contributed by atoms with E-state index in [2.05, 4.69) is 5.32 Å². The number of carbonyl (C=O) groups is 2. The number of carbonyl (C=O) groups excluding carboxylic acids is 2. The first-order chi connectivity index (χ1) is 11.1. The van der Waals surface area contributed by atoms with Gasteiger partial charge in [-0.1, -0.05) is 30.5 Å². The highest BCUT2D eigenvalue weighted by molar-refractivity contribution is 6.31. The Labute approximate surface area is 142 Å². The van der Waals surface area contributed by atoms with Gasteiger partial charge in [0.05, 0.1) is 0 Å². The van der Waals surface area contributed by atoms with Crippen molar-refractivity contribution in [2.45, 2.75) is 44.6 Å². The van der Waals surface area contributed by atoms with Gasteiger partial charge in [-0.25, -0.2) is 0 Å². The molecule has 2 rings (SSSR count). The third-order valence-electron chi connectivity index (χ3n) is 4.02. The van der Waals surface area contributed by atoms with Gasteiger partial charge in [-0.15, -0.1) is 0 Å². The second-order valence-electron chi connectivity index (χ2n) is 5.83. The van der Waals surface area contributed by atoms with Crippen LogP contribution in [0, 0.1) is 0 Å². The van der Waals surface area contributed by atoms with E-state index in [4.69, 9.17) is 17.3 Å². The normalized spacial score (nSPS) is 17.6. The van der Waals surface area contributed by atoms with Gasteiger partial charge in [0.15, 0.2) is 0 Å². The maximum Gasteiger partial charge on any atom is 0.249 e. The number of benzene rings is 1. The molecule has 1 atom stereocenters. The lowest BCUT2D eigenvalue weighted by Crippen LogP contribution is -2.41. The number of halogens is 1. The summed E-state index contributed by atoms with van der Waals surface area (Å²) in [6, 6.07) is 6.78. The molecule has 0 bridgehead atoms. The quantitative estimate of drug-likeness (QED) is 0.715. The molecule has 1 heterocycles. The Bertz CT molecular complexity index is 550. The molecule has 5 nitrogen and oxygen atoms in total. The highest BCUT2D eigenvalue weighted by Gasteiger charge is 2.33. The van der Waals surface area contributed by atoms with Crippen molar-refractivity contribution in [2.75, 3.05) is 18.0 Å². The maximum atomic E-state index is 12.4. The van der Waals surface area contributed by atoms with Gasteiger partial charge in [-0.2, -0.15) is 0 Å². The minimum absolute atomic E-state index is 0.0518. The molecule has 1 unspecified atom stereocenters. The molecule has 2 amide bonds. The van der Waals surface area contributed by atoms with E-state index in [9.17, 15) is 9.59 Å². The number of hydrogen-bond donors (Lipinski definition) is 2. The van der Waals surface area contributed by atoms with E-state index in [0.717, 1.165) is 31.4 Å². The molecule has 1 aromatic rings. The first-order valence-corrected chi connectivity index (χ1v) is 8.56. The minimum Gasteiger partial charge on any atom is -0.344 e. The first kappa shape index (κ1) is 17.8. The van der Waals surface area contributed by atoms with Crippen molar-refractivity contribution in [1.29, 1.82) is 0 Å². The van der Waals surface area contributed by atoms with Gasteiger partial charge in [0, 0.05) is 23.7 Å². The van der Waals surface area contributed by atoms with Gasteiger partial charge < -0.3 is 16.0 Å². The Kier molecular flexibility index (Phi) is 6.86. The number of unbranched alkanes of at least 4 members (excludes halogenated alkanes) is 3. The van der Waals surface area contributed by atoms with Crippen LogP contribution in [0.3, 0.4) is 0 Å². The van der Waals surface area contributed by atoms with E-state index < -0.39 is 6.04 Å². The largest absolute Gasteiger partial charge is 0.344 e. The average molecular weight is 338 g/mol. The van der Waals surface area contributed by atoms with Crippen LogP contribution in [0.5, 0.6) is 0 Å². The van der Waals surface area contributed by atoms with Gasteiger partial charge in [-0.3, -0.25) is 9.59 Å². The molecule has 0 saturated carbocycles. The number of nitrogens with one attached hydrogen (secondary N) is 1. The molecule has 1 aromatic carbocycles. The Morgan fingerprint density at radius 2 is 2.09 bits per heavy atom. The van der Waals surface area contributed by atoms with Crippen molar-refractivity contribution >= 4 is 29.1 Å². The van der Waals surface area contributed by atoms with Gasteiger partial charge in [0.1, 0.15) is 6.04 Å². The van der Waals surface area contributed by atoms with Crippen molar-refractivity contribution in [3.05, 3.63) is 29.3 Å². The number of hydrogen-bond acceptors (Lipinski definition) is 3. The van der Waals surface area contributed by atoms with Crippen LogP contribution >= 0.6 is 11.6 Å². The Morgan fingerprint density at radius 1 is 1.30 bits per heavy atom. The van der Waals surface area contributed by atoms with Crippen molar-refractivity contribution < 1.29 is 9.59 Å². The Hall–Kier alpha value is -1.59. The van der Waals surface area contributed by atoms with E-state index in [-0.39, 0.29) is 11.8 Å². The summed E-state index contributed by atoms with van der Waals surface area (Å²) in [5, 5.41) is 3.44. The fourth-order valence-corrected chi connectivity index (χ4v) is 2.95. The summed E-state index contributed by atoms with van der Waals surface area (Å²) in [7, 11) is 0. The molecule has 6 heteroatoms. The van der Waals surface area contributed by atoms with Crippen molar-refractivity contribution in [3.8, 4) is 0 Å². The van der Waals surface area contributed by atoms with E-state index >= 15 is 0 Å². The Morgan fingerprint density at radius 3 is 2.83 bits per heavy atom. The molecule has 1 saturated heterocycles. The second-order valence-corrected chi connectivity index (χ2v) is 6.27. The molecule has 23 heavy (non-hydrogen) atoms. The standard InChI is InChI=1S/C17H24ClN3O2/c18-13-6-5-7-14(12-13)21-11-9-15(17(21)23)20-16(22)8-3-1-2-4-10-19/h5-7,12,15H,1-4,8-11,19H2,(H,20,22). The minimum atomic E-state index is -0.425. The van der Waals surface area contributed by atoms with Gasteiger partial charge in [0.25, 0.3) is 0 Å². The number of rotatable bonds is 8. The fourth-order valence-electron chi connectivity index (χ4n) is 2.76. The zero-order valence-electron chi connectivity index (χ0n) is 13.3. The molecule has 1 aliphatic rings. The highest BCUT2D eigenvalue weighted by atomic mass is 35.5. The third kappa shape index (κ3) is 5.22. The van der Waals surface area contributed by atoms with Crippen LogP contribution in [0.2, 0.25) is 5.02 Å². The van der Waals surface area contributed by atoms with E-state index in [0.29, 0.717) is 31.0 Å². The lowest BCUT2D eigenvalue weighted by molar-refractivity contribution is -0.126. The Balaban J connectivity index is 1.79. The lowest BCUT2D eigenvalue weighted by Gasteiger charge is -2.17. The van der Waals surface area contributed by atoms with Crippen LogP contribution in [0.15, 0.2) is 24.3 Å². The topological polar surface area (TPSA) is 75.4 Å². The van der Waals surface area contributed by atoms with Crippen molar-refractivity contribution in [1.82, 2.24) is 5.32 Å². The SMILES string of the molecule is NCCCCCCC(=O)NC1CCN(c2cccc(Cl)c2)C1=O. The molecule has 0 radical (unpaired) electrons. The van der Waals surface area contributed by atoms with E-state index in [1.165, 1.54) is 0 Å². The van der Waals surface area contributed by atoms with Crippen LogP contribution < -0.4 is 16.0 Å². The maximum absolute atomic E-state index is 12.4. The summed E-state index contributed by atoms with van der Waals surface area (Å²) in [5.41, 5.74) is 6.21. The summed E-state index contributed by atoms with van der Waals surface area (Å²) >= 11 is 5.97. The fraction of sp³-hybridized carbons (Fsp3) is 0.529. The molecule has 0 aromatic heterocycles. The highest BCUT2D eigenvalue weighted by Crippen LogP contribution is 2.24. The van der Waals surface area contributed by atoms with Crippen LogP contribution in [0.1, 0.15) is 38.5 Å². The number of nitrogens with two attached hydrogens (primary N) is 1. The zero-order valence-corrected chi connectivity index (χ0v) is 14.0. The van der Waals surface area contributed by atoms with Crippen molar-refractivity contribution in [3.63, 3.8) is 0 Å². The predicted molar refractivity (Wildman–Crippen MR) is 92.5 cm³/mol. The van der Waals surface area contributed by atoms with E-state index in [1.807, 2.05) is 12.1 Å². The number of anilines is 1.